The van der Waals surface area contributed by atoms with Crippen molar-refractivity contribution in [3.05, 3.63) is 64.7 Å². The van der Waals surface area contributed by atoms with E-state index in [0.717, 1.165) is 17.1 Å². The van der Waals surface area contributed by atoms with Gasteiger partial charge in [-0.2, -0.15) is 0 Å². The van der Waals surface area contributed by atoms with Crippen molar-refractivity contribution < 1.29 is 9.69 Å². The molecule has 4 nitrogen and oxygen atoms in total. The molecule has 0 aliphatic carbocycles. The van der Waals surface area contributed by atoms with Crippen molar-refractivity contribution in [2.24, 2.45) is 0 Å². The van der Waals surface area contributed by atoms with E-state index < -0.39 is 0 Å². The van der Waals surface area contributed by atoms with E-state index in [0.29, 0.717) is 13.1 Å². The number of nitrogens with zero attached hydrogens (tertiary/aromatic N) is 2. The van der Waals surface area contributed by atoms with Crippen molar-refractivity contribution in [3.63, 3.8) is 0 Å². The highest BCUT2D eigenvalue weighted by atomic mass is 32.1. The number of aryl methyl sites for hydroxylation is 1. The largest absolute Gasteiger partial charge is 0.334 e. The van der Waals surface area contributed by atoms with E-state index >= 15 is 0 Å². The summed E-state index contributed by atoms with van der Waals surface area (Å²) in [5, 5.41) is 0.980. The Morgan fingerprint density at radius 2 is 1.88 bits per heavy atom. The molecular weight excluding hydrogens is 330 g/mol. The minimum absolute atomic E-state index is 0.144. The smallest absolute Gasteiger partial charge is 0.277 e. The molecule has 3 aromatic rings. The Balaban J connectivity index is 1.57. The molecule has 0 aliphatic rings. The molecule has 25 heavy (non-hydrogen) atoms. The van der Waals surface area contributed by atoms with Crippen LogP contribution in [0.4, 0.5) is 0 Å². The molecule has 1 amide bonds. The van der Waals surface area contributed by atoms with Crippen LogP contribution in [0.25, 0.3) is 10.2 Å². The van der Waals surface area contributed by atoms with Gasteiger partial charge in [0.1, 0.15) is 11.6 Å². The fraction of sp³-hybridized carbons (Fsp3) is 0.300. The van der Waals surface area contributed by atoms with Gasteiger partial charge in [0.05, 0.1) is 23.8 Å². The van der Waals surface area contributed by atoms with Crippen LogP contribution in [0.3, 0.4) is 0 Å². The van der Waals surface area contributed by atoms with Crippen molar-refractivity contribution >= 4 is 27.5 Å². The van der Waals surface area contributed by atoms with E-state index in [-0.39, 0.29) is 5.91 Å². The zero-order chi connectivity index (χ0) is 17.8. The van der Waals surface area contributed by atoms with Gasteiger partial charge < -0.3 is 9.80 Å². The number of nitrogens with one attached hydrogen (secondary N) is 1. The second kappa shape index (κ2) is 7.76. The monoisotopic (exact) mass is 354 g/mol. The maximum absolute atomic E-state index is 12.5. The first kappa shape index (κ1) is 17.6. The highest BCUT2D eigenvalue weighted by Crippen LogP contribution is 2.22. The number of carbonyl (C=O) groups is 1. The average molecular weight is 354 g/mol. The summed E-state index contributed by atoms with van der Waals surface area (Å²) in [6.07, 6.45) is 0. The zero-order valence-electron chi connectivity index (χ0n) is 15.0. The lowest BCUT2D eigenvalue weighted by molar-refractivity contribution is -0.885. The van der Waals surface area contributed by atoms with E-state index in [2.05, 4.69) is 43.2 Å². The maximum atomic E-state index is 12.5. The van der Waals surface area contributed by atoms with E-state index in [1.807, 2.05) is 31.3 Å². The Bertz CT molecular complexity index is 841. The summed E-state index contributed by atoms with van der Waals surface area (Å²) < 4.78 is 1.17. The van der Waals surface area contributed by atoms with Gasteiger partial charge in [-0.1, -0.05) is 36.4 Å². The quantitative estimate of drug-likeness (QED) is 0.737. The normalized spacial score (nSPS) is 12.3. The van der Waals surface area contributed by atoms with Crippen LogP contribution < -0.4 is 4.90 Å². The molecule has 1 heterocycles. The summed E-state index contributed by atoms with van der Waals surface area (Å²) in [6.45, 7) is 4.02. The van der Waals surface area contributed by atoms with Crippen LogP contribution in [0, 0.1) is 6.92 Å². The molecular formula is C20H24N3OS+. The van der Waals surface area contributed by atoms with Gasteiger partial charge in [-0.3, -0.25) is 4.79 Å². The van der Waals surface area contributed by atoms with Gasteiger partial charge in [0.15, 0.2) is 6.54 Å². The van der Waals surface area contributed by atoms with Gasteiger partial charge in [0, 0.05) is 12.6 Å². The van der Waals surface area contributed by atoms with Gasteiger partial charge in [0.2, 0.25) is 0 Å². The number of thiazole rings is 1. The third kappa shape index (κ3) is 4.44. The van der Waals surface area contributed by atoms with Gasteiger partial charge in [0.25, 0.3) is 5.91 Å². The number of benzene rings is 2. The molecule has 0 saturated heterocycles. The van der Waals surface area contributed by atoms with Crippen molar-refractivity contribution in [3.8, 4) is 0 Å². The molecule has 2 aromatic carbocycles. The van der Waals surface area contributed by atoms with Crippen LogP contribution >= 0.6 is 11.3 Å². The second-order valence-electron chi connectivity index (χ2n) is 6.56. The fourth-order valence-electron chi connectivity index (χ4n) is 2.87. The zero-order valence-corrected chi connectivity index (χ0v) is 15.8. The number of rotatable bonds is 6. The van der Waals surface area contributed by atoms with Crippen LogP contribution in [0.2, 0.25) is 0 Å². The molecule has 1 aromatic heterocycles. The number of hydrogen-bond acceptors (Lipinski definition) is 3. The number of aromatic nitrogens is 1. The Morgan fingerprint density at radius 3 is 2.64 bits per heavy atom. The standard InChI is InChI=1S/C20H23N3OS/c1-15-8-4-5-9-16(15)12-22(2)14-20(24)23(3)13-19-21-17-10-6-7-11-18(17)25-19/h4-11H,12-14H2,1-3H3/p+1. The van der Waals surface area contributed by atoms with Crippen molar-refractivity contribution in [1.29, 1.82) is 0 Å². The molecule has 0 aliphatic heterocycles. The average Bonchev–Trinajstić information content (AvgIpc) is 2.99. The Labute approximate surface area is 152 Å². The highest BCUT2D eigenvalue weighted by Gasteiger charge is 2.17. The van der Waals surface area contributed by atoms with Gasteiger partial charge in [-0.05, 0) is 24.6 Å². The summed E-state index contributed by atoms with van der Waals surface area (Å²) in [7, 11) is 3.92. The third-order valence-electron chi connectivity index (χ3n) is 4.34. The second-order valence-corrected chi connectivity index (χ2v) is 7.68. The van der Waals surface area contributed by atoms with Crippen LogP contribution in [0.5, 0.6) is 0 Å². The molecule has 0 bridgehead atoms. The lowest BCUT2D eigenvalue weighted by atomic mass is 10.1. The lowest BCUT2D eigenvalue weighted by Crippen LogP contribution is -3.08. The minimum atomic E-state index is 0.144. The summed E-state index contributed by atoms with van der Waals surface area (Å²) in [5.41, 5.74) is 3.57. The summed E-state index contributed by atoms with van der Waals surface area (Å²) in [5.74, 6) is 0.144. The molecule has 0 spiro atoms. The number of fused-ring (bicyclic) bond motifs is 1. The molecule has 0 fully saturated rings. The first-order chi connectivity index (χ1) is 12.0. The van der Waals surface area contributed by atoms with E-state index in [9.17, 15) is 4.79 Å². The highest BCUT2D eigenvalue weighted by molar-refractivity contribution is 7.18. The van der Waals surface area contributed by atoms with Crippen LogP contribution in [0.15, 0.2) is 48.5 Å². The first-order valence-electron chi connectivity index (χ1n) is 8.47. The molecule has 1 unspecified atom stereocenters. The topological polar surface area (TPSA) is 37.6 Å². The third-order valence-corrected chi connectivity index (χ3v) is 5.36. The van der Waals surface area contributed by atoms with E-state index in [4.69, 9.17) is 0 Å². The minimum Gasteiger partial charge on any atom is -0.334 e. The molecule has 0 radical (unpaired) electrons. The molecule has 130 valence electrons. The number of hydrogen-bond donors (Lipinski definition) is 1. The van der Waals surface area contributed by atoms with E-state index in [1.165, 1.54) is 20.7 Å². The number of amides is 1. The number of carbonyl (C=O) groups excluding carboxylic acids is 1. The predicted molar refractivity (Wildman–Crippen MR) is 103 cm³/mol. The van der Waals surface area contributed by atoms with E-state index in [1.54, 1.807) is 16.2 Å². The molecule has 0 saturated carbocycles. The fourth-order valence-corrected chi connectivity index (χ4v) is 3.89. The lowest BCUT2D eigenvalue weighted by Gasteiger charge is -2.19. The number of quaternary nitrogens is 1. The first-order valence-corrected chi connectivity index (χ1v) is 9.29. The molecule has 1 N–H and O–H groups in total. The summed E-state index contributed by atoms with van der Waals surface area (Å²) in [4.78, 5) is 20.1. The van der Waals surface area contributed by atoms with Gasteiger partial charge >= 0.3 is 0 Å². The molecule has 1 atom stereocenters. The van der Waals surface area contributed by atoms with Crippen molar-refractivity contribution in [2.75, 3.05) is 20.6 Å². The van der Waals surface area contributed by atoms with Crippen LogP contribution in [0.1, 0.15) is 16.1 Å². The van der Waals surface area contributed by atoms with Crippen LogP contribution in [-0.2, 0) is 17.9 Å². The Hall–Kier alpha value is -2.24. The summed E-state index contributed by atoms with van der Waals surface area (Å²) >= 11 is 1.65. The maximum Gasteiger partial charge on any atom is 0.277 e. The van der Waals surface area contributed by atoms with Crippen molar-refractivity contribution in [2.45, 2.75) is 20.0 Å². The van der Waals surface area contributed by atoms with Gasteiger partial charge in [-0.25, -0.2) is 4.98 Å². The van der Waals surface area contributed by atoms with Crippen molar-refractivity contribution in [1.82, 2.24) is 9.88 Å². The molecule has 3 rings (SSSR count). The Morgan fingerprint density at radius 1 is 1.16 bits per heavy atom. The predicted octanol–water partition coefficient (Wildman–Crippen LogP) is 2.28. The number of para-hydroxylation sites is 1. The summed E-state index contributed by atoms with van der Waals surface area (Å²) in [6, 6.07) is 16.4. The Kier molecular flexibility index (Phi) is 5.46. The van der Waals surface area contributed by atoms with Crippen LogP contribution in [-0.4, -0.2) is 36.4 Å². The SMILES string of the molecule is Cc1ccccc1C[NH+](C)CC(=O)N(C)Cc1nc2ccccc2s1. The number of likely N-dealkylation sites (N-methyl/N-ethyl adjacent to an activating group) is 2. The van der Waals surface area contributed by atoms with Gasteiger partial charge in [-0.15, -0.1) is 11.3 Å². The molecule has 5 heteroatoms.